The molecule has 4 heterocycles. The van der Waals surface area contributed by atoms with Crippen molar-refractivity contribution in [3.63, 3.8) is 0 Å². The summed E-state index contributed by atoms with van der Waals surface area (Å²) in [6.45, 7) is 1.36. The molecule has 0 spiro atoms. The predicted molar refractivity (Wildman–Crippen MR) is 108 cm³/mol. The van der Waals surface area contributed by atoms with Crippen LogP contribution in [0.3, 0.4) is 0 Å². The van der Waals surface area contributed by atoms with Crippen molar-refractivity contribution in [2.75, 3.05) is 23.3 Å². The van der Waals surface area contributed by atoms with Gasteiger partial charge in [-0.2, -0.15) is 4.98 Å². The number of H-pyrrole nitrogens is 1. The minimum Gasteiger partial charge on any atom is -0.393 e. The molecule has 1 fully saturated rings. The number of pyridine rings is 1. The zero-order valence-corrected chi connectivity index (χ0v) is 15.2. The van der Waals surface area contributed by atoms with Crippen LogP contribution in [0.25, 0.3) is 10.9 Å². The van der Waals surface area contributed by atoms with Crippen LogP contribution >= 0.6 is 0 Å². The van der Waals surface area contributed by atoms with Crippen molar-refractivity contribution < 1.29 is 5.11 Å². The molecule has 142 valence electrons. The number of rotatable bonds is 2. The highest BCUT2D eigenvalue weighted by Gasteiger charge is 2.22. The van der Waals surface area contributed by atoms with Crippen molar-refractivity contribution in [1.29, 1.82) is 0 Å². The number of para-hydroxylation sites is 1. The molecule has 5 rings (SSSR count). The lowest BCUT2D eigenvalue weighted by Crippen LogP contribution is -2.37. The number of benzene rings is 1. The van der Waals surface area contributed by atoms with Crippen LogP contribution in [-0.4, -0.2) is 45.1 Å². The summed E-state index contributed by atoms with van der Waals surface area (Å²) in [5.41, 5.74) is 2.42. The summed E-state index contributed by atoms with van der Waals surface area (Å²) in [6.07, 6.45) is 3.35. The Morgan fingerprint density at radius 1 is 1.14 bits per heavy atom. The fourth-order valence-corrected chi connectivity index (χ4v) is 3.72. The molecule has 8 nitrogen and oxygen atoms in total. The van der Waals surface area contributed by atoms with Crippen molar-refractivity contribution in [3.05, 3.63) is 52.4 Å². The second-order valence-corrected chi connectivity index (χ2v) is 7.15. The van der Waals surface area contributed by atoms with Crippen molar-refractivity contribution in [1.82, 2.24) is 15.0 Å². The molecule has 1 saturated heterocycles. The number of aliphatic hydroxyl groups excluding tert-OH is 1. The van der Waals surface area contributed by atoms with Gasteiger partial charge in [0.05, 0.1) is 17.3 Å². The molecule has 2 aromatic heterocycles. The number of aliphatic imine (C=N–C) groups is 1. The van der Waals surface area contributed by atoms with Gasteiger partial charge in [-0.3, -0.25) is 4.79 Å². The summed E-state index contributed by atoms with van der Waals surface area (Å²) in [7, 11) is 0. The van der Waals surface area contributed by atoms with Gasteiger partial charge in [-0.15, -0.1) is 0 Å². The van der Waals surface area contributed by atoms with E-state index in [0.29, 0.717) is 55.0 Å². The fourth-order valence-electron chi connectivity index (χ4n) is 3.72. The molecule has 0 radical (unpaired) electrons. The molecule has 2 aliphatic heterocycles. The van der Waals surface area contributed by atoms with E-state index < -0.39 is 0 Å². The topological polar surface area (TPSA) is 106 Å². The molecular weight excluding hydrogens is 356 g/mol. The van der Waals surface area contributed by atoms with E-state index in [2.05, 4.69) is 25.3 Å². The van der Waals surface area contributed by atoms with Crippen molar-refractivity contribution in [2.45, 2.75) is 25.4 Å². The lowest BCUT2D eigenvalue weighted by atomic mass is 10.1. The average molecular weight is 376 g/mol. The quantitative estimate of drug-likeness (QED) is 0.631. The number of piperidine rings is 1. The summed E-state index contributed by atoms with van der Waals surface area (Å²) in [6, 6.07) is 9.74. The maximum absolute atomic E-state index is 12.5. The molecule has 0 unspecified atom stereocenters. The molecule has 0 amide bonds. The number of amidine groups is 1. The molecule has 0 bridgehead atoms. The van der Waals surface area contributed by atoms with Crippen molar-refractivity contribution in [2.24, 2.45) is 4.99 Å². The number of aromatic nitrogens is 3. The van der Waals surface area contributed by atoms with Gasteiger partial charge >= 0.3 is 0 Å². The Morgan fingerprint density at radius 2 is 1.96 bits per heavy atom. The highest BCUT2D eigenvalue weighted by molar-refractivity contribution is 6.05. The zero-order chi connectivity index (χ0) is 19.1. The van der Waals surface area contributed by atoms with Gasteiger partial charge in [0.2, 0.25) is 5.95 Å². The molecule has 3 N–H and O–H groups in total. The summed E-state index contributed by atoms with van der Waals surface area (Å²) < 4.78 is 0. The summed E-state index contributed by atoms with van der Waals surface area (Å²) >= 11 is 0. The standard InChI is InChI=1S/C20H20N6O2/c27-13-6-9-26(10-7-13)20-23-15-5-8-21-19(28)17(15)18(25-20)24-16-11-12-3-1-2-4-14(12)22-16/h1-5,8,13,27H,6-7,9-11H2,(H,21,28)(H,22,23,24,25). The first kappa shape index (κ1) is 16.9. The molecule has 0 atom stereocenters. The monoisotopic (exact) mass is 376 g/mol. The van der Waals surface area contributed by atoms with Gasteiger partial charge in [-0.05, 0) is 30.5 Å². The van der Waals surface area contributed by atoms with E-state index in [1.165, 1.54) is 0 Å². The smallest absolute Gasteiger partial charge is 0.261 e. The van der Waals surface area contributed by atoms with Gasteiger partial charge in [-0.1, -0.05) is 18.2 Å². The highest BCUT2D eigenvalue weighted by atomic mass is 16.3. The van der Waals surface area contributed by atoms with Crippen LogP contribution in [0.4, 0.5) is 17.5 Å². The largest absolute Gasteiger partial charge is 0.393 e. The third-order valence-corrected chi connectivity index (χ3v) is 5.22. The van der Waals surface area contributed by atoms with Gasteiger partial charge in [0, 0.05) is 25.7 Å². The highest BCUT2D eigenvalue weighted by Crippen LogP contribution is 2.28. The number of nitrogens with zero attached hydrogens (tertiary/aromatic N) is 4. The number of hydrogen-bond acceptors (Lipinski definition) is 7. The minimum atomic E-state index is -0.275. The predicted octanol–water partition coefficient (Wildman–Crippen LogP) is 1.98. The van der Waals surface area contributed by atoms with Crippen molar-refractivity contribution >= 4 is 34.2 Å². The van der Waals surface area contributed by atoms with Gasteiger partial charge in [0.15, 0.2) is 0 Å². The van der Waals surface area contributed by atoms with E-state index in [-0.39, 0.29) is 11.7 Å². The number of aromatic amines is 1. The van der Waals surface area contributed by atoms with Crippen LogP contribution in [0.1, 0.15) is 18.4 Å². The summed E-state index contributed by atoms with van der Waals surface area (Å²) in [5.74, 6) is 1.77. The zero-order valence-electron chi connectivity index (χ0n) is 15.2. The number of hydrogen-bond donors (Lipinski definition) is 3. The van der Waals surface area contributed by atoms with Crippen molar-refractivity contribution in [3.8, 4) is 0 Å². The lowest BCUT2D eigenvalue weighted by Gasteiger charge is -2.29. The third kappa shape index (κ3) is 3.01. The molecule has 2 aliphatic rings. The molecule has 1 aromatic carbocycles. The van der Waals surface area contributed by atoms with Crippen LogP contribution in [0.2, 0.25) is 0 Å². The SMILES string of the molecule is O=c1[nH]ccc2nc(N3CCC(O)CC3)nc(NC3=Nc4ccccc4C3)c12. The van der Waals surface area contributed by atoms with E-state index in [9.17, 15) is 9.90 Å². The second kappa shape index (κ2) is 6.72. The first-order chi connectivity index (χ1) is 13.7. The fraction of sp³-hybridized carbons (Fsp3) is 0.300. The first-order valence-electron chi connectivity index (χ1n) is 9.42. The molecular formula is C20H20N6O2. The molecule has 3 aromatic rings. The van der Waals surface area contributed by atoms with E-state index in [4.69, 9.17) is 0 Å². The van der Waals surface area contributed by atoms with Crippen LogP contribution in [0.15, 0.2) is 46.3 Å². The van der Waals surface area contributed by atoms with E-state index >= 15 is 0 Å². The number of fused-ring (bicyclic) bond motifs is 2. The Hall–Kier alpha value is -3.26. The van der Waals surface area contributed by atoms with Gasteiger partial charge in [0.25, 0.3) is 5.56 Å². The van der Waals surface area contributed by atoms with Crippen LogP contribution in [0.5, 0.6) is 0 Å². The van der Waals surface area contributed by atoms with Crippen LogP contribution in [0, 0.1) is 0 Å². The van der Waals surface area contributed by atoms with E-state index in [1.54, 1.807) is 12.3 Å². The van der Waals surface area contributed by atoms with Gasteiger partial charge < -0.3 is 20.3 Å². The maximum atomic E-state index is 12.5. The Kier molecular flexibility index (Phi) is 4.05. The Balaban J connectivity index is 1.54. The number of anilines is 2. The van der Waals surface area contributed by atoms with Gasteiger partial charge in [0.1, 0.15) is 17.0 Å². The molecule has 28 heavy (non-hydrogen) atoms. The average Bonchev–Trinajstić information content (AvgIpc) is 3.10. The Labute approximate surface area is 161 Å². The maximum Gasteiger partial charge on any atom is 0.261 e. The van der Waals surface area contributed by atoms with Crippen LogP contribution < -0.4 is 15.8 Å². The molecule has 8 heteroatoms. The second-order valence-electron chi connectivity index (χ2n) is 7.15. The summed E-state index contributed by atoms with van der Waals surface area (Å²) in [5, 5.41) is 13.5. The van der Waals surface area contributed by atoms with E-state index in [1.807, 2.05) is 29.2 Å². The first-order valence-corrected chi connectivity index (χ1v) is 9.42. The Morgan fingerprint density at radius 3 is 2.79 bits per heavy atom. The molecule has 0 saturated carbocycles. The lowest BCUT2D eigenvalue weighted by molar-refractivity contribution is 0.145. The van der Waals surface area contributed by atoms with Gasteiger partial charge in [-0.25, -0.2) is 9.98 Å². The Bertz CT molecular complexity index is 1130. The molecule has 0 aliphatic carbocycles. The third-order valence-electron chi connectivity index (χ3n) is 5.22. The van der Waals surface area contributed by atoms with E-state index in [0.717, 1.165) is 17.1 Å². The minimum absolute atomic E-state index is 0.239. The normalized spacial score (nSPS) is 16.9. The summed E-state index contributed by atoms with van der Waals surface area (Å²) in [4.78, 5) is 31.1. The number of nitrogens with one attached hydrogen (secondary N) is 2. The number of aliphatic hydroxyl groups is 1. The van der Waals surface area contributed by atoms with Crippen LogP contribution in [-0.2, 0) is 6.42 Å².